The minimum atomic E-state index is 0.0319. The average Bonchev–Trinajstić information content (AvgIpc) is 3.17. The molecule has 130 valence electrons. The van der Waals surface area contributed by atoms with Crippen LogP contribution in [0.1, 0.15) is 42.6 Å². The van der Waals surface area contributed by atoms with Crippen molar-refractivity contribution in [3.05, 3.63) is 53.5 Å². The molecule has 1 fully saturated rings. The Labute approximate surface area is 158 Å². The molecule has 7 heteroatoms. The number of nitrogens with zero attached hydrogens (tertiary/aromatic N) is 4. The first-order chi connectivity index (χ1) is 12.8. The predicted octanol–water partition coefficient (Wildman–Crippen LogP) is 5.47. The van der Waals surface area contributed by atoms with Crippen molar-refractivity contribution in [2.75, 3.05) is 0 Å². The second-order valence-electron chi connectivity index (χ2n) is 6.37. The Morgan fingerprint density at radius 2 is 2.00 bits per heavy atom. The number of hydrogen-bond acceptors (Lipinski definition) is 7. The molecule has 1 aromatic carbocycles. The summed E-state index contributed by atoms with van der Waals surface area (Å²) in [5, 5.41) is 8.20. The summed E-state index contributed by atoms with van der Waals surface area (Å²) in [6, 6.07) is 12.2. The van der Waals surface area contributed by atoms with Gasteiger partial charge in [0, 0.05) is 11.3 Å². The van der Waals surface area contributed by atoms with Crippen LogP contribution in [0.2, 0.25) is 0 Å². The van der Waals surface area contributed by atoms with E-state index >= 15 is 0 Å². The fraction of sp³-hybridized carbons (Fsp3) is 0.263. The largest absolute Gasteiger partial charge is 0.338 e. The van der Waals surface area contributed by atoms with Gasteiger partial charge in [0.05, 0.1) is 15.6 Å². The highest BCUT2D eigenvalue weighted by atomic mass is 32.2. The molecule has 0 radical (unpaired) electrons. The number of fused-ring (bicyclic) bond motifs is 1. The van der Waals surface area contributed by atoms with Crippen LogP contribution in [0, 0.1) is 0 Å². The van der Waals surface area contributed by atoms with Gasteiger partial charge in [0.25, 0.3) is 0 Å². The van der Waals surface area contributed by atoms with Gasteiger partial charge in [-0.2, -0.15) is 4.98 Å². The summed E-state index contributed by atoms with van der Waals surface area (Å²) in [5.41, 5.74) is 0.949. The number of hydrogen-bond donors (Lipinski definition) is 0. The van der Waals surface area contributed by atoms with Crippen LogP contribution in [0.3, 0.4) is 0 Å². The molecule has 1 saturated carbocycles. The summed E-state index contributed by atoms with van der Waals surface area (Å²) < 4.78 is 5.49. The van der Waals surface area contributed by atoms with Gasteiger partial charge in [-0.1, -0.05) is 41.2 Å². The van der Waals surface area contributed by atoms with Gasteiger partial charge in [0.1, 0.15) is 5.03 Å². The van der Waals surface area contributed by atoms with Crippen LogP contribution in [0.5, 0.6) is 0 Å². The minimum absolute atomic E-state index is 0.0319. The van der Waals surface area contributed by atoms with Gasteiger partial charge in [-0.15, -0.1) is 11.3 Å². The van der Waals surface area contributed by atoms with Crippen LogP contribution >= 0.6 is 23.1 Å². The molecular formula is C19H16N4OS2. The van der Waals surface area contributed by atoms with Crippen molar-refractivity contribution in [2.45, 2.75) is 36.0 Å². The van der Waals surface area contributed by atoms with Gasteiger partial charge in [0.15, 0.2) is 11.6 Å². The smallest absolute Gasteiger partial charge is 0.239 e. The molecule has 0 aliphatic heterocycles. The van der Waals surface area contributed by atoms with Gasteiger partial charge >= 0.3 is 0 Å². The summed E-state index contributed by atoms with van der Waals surface area (Å²) in [6.45, 7) is 2.08. The first kappa shape index (κ1) is 16.0. The third kappa shape index (κ3) is 3.01. The third-order valence-electron chi connectivity index (χ3n) is 4.35. The highest BCUT2D eigenvalue weighted by molar-refractivity contribution is 7.99. The van der Waals surface area contributed by atoms with Crippen molar-refractivity contribution in [3.8, 4) is 10.7 Å². The van der Waals surface area contributed by atoms with Crippen molar-refractivity contribution in [3.63, 3.8) is 0 Å². The molecule has 0 N–H and O–H groups in total. The van der Waals surface area contributed by atoms with Crippen LogP contribution in [-0.4, -0.2) is 20.1 Å². The molecule has 5 nitrogen and oxygen atoms in total. The molecule has 0 saturated heterocycles. The lowest BCUT2D eigenvalue weighted by Gasteiger charge is -2.10. The molecule has 0 bridgehead atoms. The first-order valence-corrected chi connectivity index (χ1v) is 10.3. The van der Waals surface area contributed by atoms with Crippen LogP contribution in [0.25, 0.3) is 21.6 Å². The Hall–Kier alpha value is -2.25. The predicted molar refractivity (Wildman–Crippen MR) is 103 cm³/mol. The second kappa shape index (κ2) is 6.48. The number of benzene rings is 1. The average molecular weight is 380 g/mol. The molecule has 4 aromatic rings. The molecule has 1 aliphatic rings. The standard InChI is InChI=1S/C19H16N4OS2/c1-11(18-21-16(23-24-18)12-8-9-12)26-19-13-5-2-3-6-14(13)20-17(22-19)15-7-4-10-25-15/h2-7,10-12H,8-9H2,1H3. The maximum Gasteiger partial charge on any atom is 0.239 e. The summed E-state index contributed by atoms with van der Waals surface area (Å²) >= 11 is 3.29. The van der Waals surface area contributed by atoms with Gasteiger partial charge in [-0.25, -0.2) is 9.97 Å². The molecule has 0 spiro atoms. The maximum atomic E-state index is 5.49. The molecule has 1 unspecified atom stereocenters. The van der Waals surface area contributed by atoms with Gasteiger partial charge < -0.3 is 4.52 Å². The third-order valence-corrected chi connectivity index (χ3v) is 6.30. The van der Waals surface area contributed by atoms with Crippen molar-refractivity contribution in [1.29, 1.82) is 0 Å². The molecule has 3 aromatic heterocycles. The lowest BCUT2D eigenvalue weighted by Crippen LogP contribution is -1.96. The van der Waals surface area contributed by atoms with Crippen molar-refractivity contribution in [1.82, 2.24) is 20.1 Å². The van der Waals surface area contributed by atoms with Gasteiger partial charge in [-0.3, -0.25) is 0 Å². The second-order valence-corrected chi connectivity index (χ2v) is 8.65. The van der Waals surface area contributed by atoms with E-state index in [-0.39, 0.29) is 5.25 Å². The van der Waals surface area contributed by atoms with E-state index in [2.05, 4.69) is 23.1 Å². The molecule has 26 heavy (non-hydrogen) atoms. The topological polar surface area (TPSA) is 64.7 Å². The molecule has 0 amide bonds. The van der Waals surface area contributed by atoms with E-state index in [4.69, 9.17) is 14.5 Å². The fourth-order valence-corrected chi connectivity index (χ4v) is 4.42. The monoisotopic (exact) mass is 380 g/mol. The minimum Gasteiger partial charge on any atom is -0.338 e. The molecule has 1 atom stereocenters. The van der Waals surface area contributed by atoms with Gasteiger partial charge in [-0.05, 0) is 37.3 Å². The van der Waals surface area contributed by atoms with Gasteiger partial charge in [0.2, 0.25) is 5.89 Å². The van der Waals surface area contributed by atoms with Crippen molar-refractivity contribution >= 4 is 34.0 Å². The highest BCUT2D eigenvalue weighted by Gasteiger charge is 2.30. The normalized spacial score (nSPS) is 15.4. The Kier molecular flexibility index (Phi) is 3.98. The van der Waals surface area contributed by atoms with E-state index in [0.29, 0.717) is 11.8 Å². The maximum absolute atomic E-state index is 5.49. The Balaban J connectivity index is 1.52. The first-order valence-electron chi connectivity index (χ1n) is 8.59. The van der Waals surface area contributed by atoms with E-state index in [1.54, 1.807) is 23.1 Å². The summed E-state index contributed by atoms with van der Waals surface area (Å²) in [6.07, 6.45) is 2.34. The van der Waals surface area contributed by atoms with Crippen LogP contribution < -0.4 is 0 Å². The zero-order chi connectivity index (χ0) is 17.5. The van der Waals surface area contributed by atoms with Crippen molar-refractivity contribution < 1.29 is 4.52 Å². The molecule has 5 rings (SSSR count). The SMILES string of the molecule is CC(Sc1nc(-c2cccs2)nc2ccccc12)c1nc(C2CC2)no1. The summed E-state index contributed by atoms with van der Waals surface area (Å²) in [5.74, 6) is 2.77. The number of thiophene rings is 1. The number of aromatic nitrogens is 4. The molecule has 3 heterocycles. The van der Waals surface area contributed by atoms with Crippen molar-refractivity contribution in [2.24, 2.45) is 0 Å². The number of rotatable bonds is 5. The number of thioether (sulfide) groups is 1. The van der Waals surface area contributed by atoms with E-state index in [1.807, 2.05) is 35.7 Å². The summed E-state index contributed by atoms with van der Waals surface area (Å²) in [4.78, 5) is 15.2. The van der Waals surface area contributed by atoms with Crippen LogP contribution in [0.15, 0.2) is 51.3 Å². The van der Waals surface area contributed by atoms with Crippen LogP contribution in [0.4, 0.5) is 0 Å². The lowest BCUT2D eigenvalue weighted by molar-refractivity contribution is 0.375. The Bertz CT molecular complexity index is 1060. The van der Waals surface area contributed by atoms with E-state index in [9.17, 15) is 0 Å². The molecule has 1 aliphatic carbocycles. The fourth-order valence-electron chi connectivity index (χ4n) is 2.79. The Morgan fingerprint density at radius 3 is 2.81 bits per heavy atom. The number of para-hydroxylation sites is 1. The zero-order valence-electron chi connectivity index (χ0n) is 14.1. The van der Waals surface area contributed by atoms with E-state index in [1.165, 1.54) is 12.8 Å². The zero-order valence-corrected chi connectivity index (χ0v) is 15.8. The molecular weight excluding hydrogens is 364 g/mol. The van der Waals surface area contributed by atoms with Crippen LogP contribution in [-0.2, 0) is 0 Å². The van der Waals surface area contributed by atoms with E-state index in [0.717, 1.165) is 32.5 Å². The quantitative estimate of drug-likeness (QED) is 0.338. The Morgan fingerprint density at radius 1 is 1.12 bits per heavy atom. The van der Waals surface area contributed by atoms with E-state index < -0.39 is 0 Å². The lowest BCUT2D eigenvalue weighted by atomic mass is 10.2. The highest BCUT2D eigenvalue weighted by Crippen LogP contribution is 2.41. The summed E-state index contributed by atoms with van der Waals surface area (Å²) in [7, 11) is 0.